The minimum absolute atomic E-state index is 0.0495. The van der Waals surface area contributed by atoms with Crippen LogP contribution in [0.3, 0.4) is 0 Å². The van der Waals surface area contributed by atoms with Crippen molar-refractivity contribution in [2.45, 2.75) is 26.1 Å². The molecule has 0 radical (unpaired) electrons. The topological polar surface area (TPSA) is 72.5 Å². The van der Waals surface area contributed by atoms with Gasteiger partial charge in [-0.2, -0.15) is 5.10 Å². The second-order valence-electron chi connectivity index (χ2n) is 9.02. The van der Waals surface area contributed by atoms with Crippen LogP contribution in [0.4, 0.5) is 0 Å². The van der Waals surface area contributed by atoms with Crippen molar-refractivity contribution >= 4 is 22.7 Å². The maximum atomic E-state index is 13.5. The minimum Gasteiger partial charge on any atom is -0.335 e. The van der Waals surface area contributed by atoms with Crippen LogP contribution in [-0.2, 0) is 17.9 Å². The summed E-state index contributed by atoms with van der Waals surface area (Å²) in [6.45, 7) is 8.12. The zero-order valence-electron chi connectivity index (χ0n) is 18.7. The zero-order chi connectivity index (χ0) is 22.6. The van der Waals surface area contributed by atoms with E-state index in [-0.39, 0.29) is 17.9 Å². The van der Waals surface area contributed by atoms with E-state index in [4.69, 9.17) is 0 Å². The van der Waals surface area contributed by atoms with E-state index in [0.717, 1.165) is 50.8 Å². The first kappa shape index (κ1) is 20.5. The van der Waals surface area contributed by atoms with Crippen LogP contribution in [-0.4, -0.2) is 69.9 Å². The van der Waals surface area contributed by atoms with Gasteiger partial charge in [-0.15, -0.1) is 0 Å². The first-order valence-electron chi connectivity index (χ1n) is 10.8. The van der Waals surface area contributed by atoms with Crippen molar-refractivity contribution in [1.82, 2.24) is 24.9 Å². The van der Waals surface area contributed by atoms with E-state index in [9.17, 15) is 9.59 Å². The van der Waals surface area contributed by atoms with Crippen molar-refractivity contribution in [1.29, 1.82) is 0 Å². The number of hydrogen-bond acceptors (Lipinski definition) is 4. The van der Waals surface area contributed by atoms with E-state index < -0.39 is 0 Å². The Kier molecular flexibility index (Phi) is 4.86. The summed E-state index contributed by atoms with van der Waals surface area (Å²) in [5.74, 6) is -0.0285. The van der Waals surface area contributed by atoms with Gasteiger partial charge in [-0.1, -0.05) is 12.6 Å². The molecule has 1 N–H and O–H groups in total. The monoisotopic (exact) mass is 429 g/mol. The molecule has 3 aromatic rings. The van der Waals surface area contributed by atoms with Crippen molar-refractivity contribution in [3.63, 3.8) is 0 Å². The molecule has 2 aromatic carbocycles. The number of likely N-dealkylation sites (tertiary alicyclic amines) is 1. The Hall–Kier alpha value is -3.45. The van der Waals surface area contributed by atoms with Crippen LogP contribution in [0, 0.1) is 6.92 Å². The van der Waals surface area contributed by atoms with Crippen LogP contribution in [0.25, 0.3) is 22.0 Å². The molecule has 2 aliphatic rings. The predicted molar refractivity (Wildman–Crippen MR) is 124 cm³/mol. The highest BCUT2D eigenvalue weighted by Gasteiger charge is 2.41. The van der Waals surface area contributed by atoms with E-state index >= 15 is 0 Å². The lowest BCUT2D eigenvalue weighted by atomic mass is 9.91. The molecule has 1 aromatic heterocycles. The van der Waals surface area contributed by atoms with Gasteiger partial charge in [-0.3, -0.25) is 14.7 Å². The van der Waals surface area contributed by atoms with Gasteiger partial charge < -0.3 is 14.7 Å². The van der Waals surface area contributed by atoms with Crippen LogP contribution in [0.2, 0.25) is 0 Å². The van der Waals surface area contributed by atoms with Crippen LogP contribution in [0.5, 0.6) is 0 Å². The number of hydrogen-bond donors (Lipinski definition) is 1. The summed E-state index contributed by atoms with van der Waals surface area (Å²) in [7, 11) is 4.08. The van der Waals surface area contributed by atoms with Crippen molar-refractivity contribution in [2.24, 2.45) is 0 Å². The summed E-state index contributed by atoms with van der Waals surface area (Å²) in [6.07, 6.45) is 3.18. The van der Waals surface area contributed by atoms with Crippen LogP contribution < -0.4 is 0 Å². The van der Waals surface area contributed by atoms with Crippen molar-refractivity contribution in [3.8, 4) is 11.1 Å². The summed E-state index contributed by atoms with van der Waals surface area (Å²) in [4.78, 5) is 31.1. The minimum atomic E-state index is -0.0790. The van der Waals surface area contributed by atoms with Crippen molar-refractivity contribution in [3.05, 3.63) is 65.4 Å². The molecule has 0 aliphatic carbocycles. The largest absolute Gasteiger partial charge is 0.335 e. The average Bonchev–Trinajstić information content (AvgIpc) is 3.32. The maximum absolute atomic E-state index is 13.5. The lowest BCUT2D eigenvalue weighted by Gasteiger charge is -2.43. The van der Waals surface area contributed by atoms with E-state index in [1.807, 2.05) is 37.3 Å². The molecular weight excluding hydrogens is 402 g/mol. The summed E-state index contributed by atoms with van der Waals surface area (Å²) in [6, 6.07) is 8.43. The molecule has 164 valence electrons. The van der Waals surface area contributed by atoms with Gasteiger partial charge in [0.15, 0.2) is 0 Å². The van der Waals surface area contributed by atoms with Crippen LogP contribution in [0.1, 0.15) is 27.0 Å². The number of rotatable bonds is 5. The molecule has 7 heteroatoms. The zero-order valence-corrected chi connectivity index (χ0v) is 18.7. The van der Waals surface area contributed by atoms with Crippen LogP contribution >= 0.6 is 0 Å². The highest BCUT2D eigenvalue weighted by atomic mass is 16.2. The van der Waals surface area contributed by atoms with E-state index in [1.165, 1.54) is 6.08 Å². The molecule has 1 fully saturated rings. The fraction of sp³-hybridized carbons (Fsp3) is 0.320. The molecule has 32 heavy (non-hydrogen) atoms. The van der Waals surface area contributed by atoms with Crippen LogP contribution in [0.15, 0.2) is 43.1 Å². The molecule has 3 heterocycles. The third-order valence-corrected chi connectivity index (χ3v) is 6.56. The fourth-order valence-electron chi connectivity index (χ4n) is 4.90. The number of amides is 2. The Morgan fingerprint density at radius 2 is 2.09 bits per heavy atom. The predicted octanol–water partition coefficient (Wildman–Crippen LogP) is 2.95. The molecule has 2 amide bonds. The van der Waals surface area contributed by atoms with Gasteiger partial charge in [-0.05, 0) is 73.1 Å². The second kappa shape index (κ2) is 7.60. The number of nitrogens with one attached hydrogen (secondary N) is 1. The molecule has 0 saturated carbocycles. The summed E-state index contributed by atoms with van der Waals surface area (Å²) in [5.41, 5.74) is 7.31. The number of aryl methyl sites for hydroxylation is 1. The van der Waals surface area contributed by atoms with Crippen molar-refractivity contribution in [2.75, 3.05) is 27.2 Å². The number of H-pyrrole nitrogens is 1. The van der Waals surface area contributed by atoms with Gasteiger partial charge in [0.25, 0.3) is 5.91 Å². The first-order valence-corrected chi connectivity index (χ1v) is 10.8. The number of nitrogens with zero attached hydrogens (tertiary/aromatic N) is 4. The standard InChI is InChI=1S/C25H27N5O2/c1-5-23(31)29-12-18(13-29)30-14-21-17(11-28(3)4)8-16(9-19(21)25(30)32)24-15(2)6-7-22-20(24)10-26-27-22/h5-10,18H,1,11-14H2,2-4H3,(H,26,27). The maximum Gasteiger partial charge on any atom is 0.254 e. The number of carbonyl (C=O) groups is 2. The third-order valence-electron chi connectivity index (χ3n) is 6.56. The quantitative estimate of drug-likeness (QED) is 0.633. The molecule has 0 atom stereocenters. The number of aromatic nitrogens is 2. The number of benzene rings is 2. The number of aromatic amines is 1. The highest BCUT2D eigenvalue weighted by molar-refractivity contribution is 6.03. The average molecular weight is 430 g/mol. The third kappa shape index (κ3) is 3.20. The molecule has 0 unspecified atom stereocenters. The SMILES string of the molecule is C=CC(=O)N1CC(N2Cc3c(CN(C)C)cc(-c4c(C)ccc5[nH]ncc45)cc3C2=O)C1. The highest BCUT2D eigenvalue weighted by Crippen LogP contribution is 2.38. The van der Waals surface area contributed by atoms with E-state index in [2.05, 4.69) is 40.7 Å². The smallest absolute Gasteiger partial charge is 0.254 e. The molecule has 1 saturated heterocycles. The van der Waals surface area contributed by atoms with Gasteiger partial charge in [0.1, 0.15) is 0 Å². The normalized spacial score (nSPS) is 16.1. The van der Waals surface area contributed by atoms with E-state index in [1.54, 1.807) is 4.90 Å². The van der Waals surface area contributed by atoms with Gasteiger partial charge >= 0.3 is 0 Å². The molecule has 0 bridgehead atoms. The summed E-state index contributed by atoms with van der Waals surface area (Å²) >= 11 is 0. The van der Waals surface area contributed by atoms with Gasteiger partial charge in [0, 0.05) is 37.1 Å². The van der Waals surface area contributed by atoms with Gasteiger partial charge in [0.2, 0.25) is 5.91 Å². The summed E-state index contributed by atoms with van der Waals surface area (Å²) in [5, 5.41) is 8.33. The Morgan fingerprint density at radius 1 is 1.31 bits per heavy atom. The Labute approximate surface area is 187 Å². The summed E-state index contributed by atoms with van der Waals surface area (Å²) < 4.78 is 0. The number of carbonyl (C=O) groups excluding carboxylic acids is 2. The van der Waals surface area contributed by atoms with E-state index in [0.29, 0.717) is 19.6 Å². The molecule has 0 spiro atoms. The fourth-order valence-corrected chi connectivity index (χ4v) is 4.90. The second-order valence-corrected chi connectivity index (χ2v) is 9.02. The Balaban J connectivity index is 1.56. The van der Waals surface area contributed by atoms with Gasteiger partial charge in [-0.25, -0.2) is 0 Å². The molecular formula is C25H27N5O2. The lowest BCUT2D eigenvalue weighted by Crippen LogP contribution is -2.60. The molecule has 5 rings (SSSR count). The van der Waals surface area contributed by atoms with Crippen molar-refractivity contribution < 1.29 is 9.59 Å². The Morgan fingerprint density at radius 3 is 2.81 bits per heavy atom. The lowest BCUT2D eigenvalue weighted by molar-refractivity contribution is -0.132. The van der Waals surface area contributed by atoms with Gasteiger partial charge in [0.05, 0.1) is 17.8 Å². The number of fused-ring (bicyclic) bond motifs is 2. The first-order chi connectivity index (χ1) is 15.4. The Bertz CT molecular complexity index is 1250. The molecule has 7 nitrogen and oxygen atoms in total. The molecule has 2 aliphatic heterocycles.